The Kier molecular flexibility index (Phi) is 38.2. The van der Waals surface area contributed by atoms with Crippen LogP contribution in [0.15, 0.2) is 85.3 Å². The molecule has 0 aliphatic carbocycles. The number of nitrogens with zero attached hydrogens (tertiary/aromatic N) is 1. The molecule has 0 aromatic carbocycles. The first-order valence-electron chi connectivity index (χ1n) is 22.5. The van der Waals surface area contributed by atoms with Gasteiger partial charge >= 0.3 is 5.97 Å². The lowest BCUT2D eigenvalue weighted by molar-refractivity contribution is -0.870. The van der Waals surface area contributed by atoms with Crippen molar-refractivity contribution in [1.82, 2.24) is 0 Å². The van der Waals surface area contributed by atoms with Crippen LogP contribution in [0.1, 0.15) is 155 Å². The van der Waals surface area contributed by atoms with Gasteiger partial charge in [-0.2, -0.15) is 0 Å². The van der Waals surface area contributed by atoms with E-state index in [1.807, 2.05) is 63.7 Å². The van der Waals surface area contributed by atoms with E-state index in [-0.39, 0.29) is 26.2 Å². The van der Waals surface area contributed by atoms with Crippen molar-refractivity contribution in [1.29, 1.82) is 0 Å². The fourth-order valence-corrected chi connectivity index (χ4v) is 6.35. The first-order chi connectivity index (χ1) is 28.0. The number of likely N-dealkylation sites (N-methyl/N-ethyl adjacent to an activating group) is 1. The van der Waals surface area contributed by atoms with Crippen molar-refractivity contribution in [2.75, 3.05) is 47.5 Å². The third-order valence-corrected chi connectivity index (χ3v) is 10.1. The number of quaternary nitrogens is 1. The van der Waals surface area contributed by atoms with E-state index in [0.29, 0.717) is 23.9 Å². The molecule has 0 aromatic heterocycles. The van der Waals surface area contributed by atoms with E-state index in [9.17, 15) is 19.4 Å². The first-order valence-corrected chi connectivity index (χ1v) is 23.9. The molecule has 0 saturated heterocycles. The number of phosphoric ester groups is 1. The van der Waals surface area contributed by atoms with Crippen molar-refractivity contribution < 1.29 is 42.4 Å². The van der Waals surface area contributed by atoms with Gasteiger partial charge in [0.25, 0.3) is 7.82 Å². The van der Waals surface area contributed by atoms with Crippen LogP contribution in [0.5, 0.6) is 0 Å². The van der Waals surface area contributed by atoms with Crippen LogP contribution in [-0.2, 0) is 27.9 Å². The molecule has 0 fully saturated rings. The molecule has 1 N–H and O–H groups in total. The molecule has 3 atom stereocenters. The van der Waals surface area contributed by atoms with E-state index >= 15 is 0 Å². The maximum Gasteiger partial charge on any atom is 0.306 e. The minimum absolute atomic E-state index is 0.00789. The average molecular weight is 834 g/mol. The predicted molar refractivity (Wildman–Crippen MR) is 241 cm³/mol. The zero-order chi connectivity index (χ0) is 42.8. The summed E-state index contributed by atoms with van der Waals surface area (Å²) in [6, 6.07) is 0. The van der Waals surface area contributed by atoms with Crippen molar-refractivity contribution in [3.8, 4) is 0 Å². The van der Waals surface area contributed by atoms with Crippen LogP contribution in [0.25, 0.3) is 0 Å². The zero-order valence-electron chi connectivity index (χ0n) is 37.3. The van der Waals surface area contributed by atoms with Gasteiger partial charge in [0.15, 0.2) is 6.10 Å². The van der Waals surface area contributed by atoms with Gasteiger partial charge in [-0.05, 0) is 57.4 Å². The summed E-state index contributed by atoms with van der Waals surface area (Å²) in [4.78, 5) is 25.0. The fourth-order valence-electron chi connectivity index (χ4n) is 5.62. The van der Waals surface area contributed by atoms with Gasteiger partial charge in [0, 0.05) is 6.42 Å². The second-order valence-corrected chi connectivity index (χ2v) is 17.4. The summed E-state index contributed by atoms with van der Waals surface area (Å²) in [5.74, 6) is -0.453. The highest BCUT2D eigenvalue weighted by Gasteiger charge is 2.20. The van der Waals surface area contributed by atoms with Gasteiger partial charge in [-0.3, -0.25) is 9.36 Å². The smallest absolute Gasteiger partial charge is 0.306 e. The Labute approximate surface area is 355 Å². The molecule has 0 rings (SSSR count). The van der Waals surface area contributed by atoms with Gasteiger partial charge in [-0.25, -0.2) is 0 Å². The number of aliphatic hydroxyl groups is 1. The average Bonchev–Trinajstić information content (AvgIpc) is 3.17. The number of hydrogen-bond acceptors (Lipinski definition) is 8. The van der Waals surface area contributed by atoms with Crippen LogP contribution >= 0.6 is 7.82 Å². The lowest BCUT2D eigenvalue weighted by atomic mass is 10.0. The molecule has 58 heavy (non-hydrogen) atoms. The molecule has 0 aromatic rings. The number of carbonyl (C=O) groups excluding carboxylic acids is 1. The third kappa shape index (κ3) is 43.1. The highest BCUT2D eigenvalue weighted by Crippen LogP contribution is 2.38. The van der Waals surface area contributed by atoms with Crippen molar-refractivity contribution in [2.45, 2.75) is 167 Å². The standard InChI is InChI=1S/C48H84NO8P/c1-6-8-10-11-12-13-14-15-16-17-21-24-27-30-33-37-42-54-44-47(45-56-58(52,53)55-43-41-49(3,4)5)57-48(51)40-36-32-29-26-23-20-18-19-22-25-28-31-35-39-46(50)38-34-9-7-2/h9,19-20,22-23,28-29,31-32,34-35,37,39,42,46-47,50H,6-8,10-18,21,24-27,30,33,36,38,40-41,43-45H2,1-5H3/b22-19-,23-20-,31-28+,32-29-,34-9-,39-35+,42-37+/t46?,47-/m1/s1. The Morgan fingerprint density at radius 3 is 1.83 bits per heavy atom. The van der Waals surface area contributed by atoms with Crippen molar-refractivity contribution in [3.63, 3.8) is 0 Å². The van der Waals surface area contributed by atoms with Crippen molar-refractivity contribution >= 4 is 13.8 Å². The number of unbranched alkanes of at least 4 members (excludes halogenated alkanes) is 14. The summed E-state index contributed by atoms with van der Waals surface area (Å²) in [7, 11) is 1.24. The number of phosphoric acid groups is 1. The predicted octanol–water partition coefficient (Wildman–Crippen LogP) is 12.0. The van der Waals surface area contributed by atoms with Gasteiger partial charge < -0.3 is 33.0 Å². The van der Waals surface area contributed by atoms with E-state index in [2.05, 4.69) is 44.2 Å². The van der Waals surface area contributed by atoms with Gasteiger partial charge in [0.2, 0.25) is 0 Å². The molecule has 334 valence electrons. The van der Waals surface area contributed by atoms with Crippen molar-refractivity contribution in [2.24, 2.45) is 0 Å². The van der Waals surface area contributed by atoms with Crippen LogP contribution < -0.4 is 4.89 Å². The number of esters is 1. The Bertz CT molecular complexity index is 1220. The Balaban J connectivity index is 4.46. The number of carbonyl (C=O) groups is 1. The summed E-state index contributed by atoms with van der Waals surface area (Å²) in [5, 5.41) is 9.85. The minimum Gasteiger partial charge on any atom is -0.756 e. The Morgan fingerprint density at radius 1 is 0.672 bits per heavy atom. The molecule has 0 spiro atoms. The van der Waals surface area contributed by atoms with Crippen molar-refractivity contribution in [3.05, 3.63) is 85.3 Å². The molecule has 0 radical (unpaired) electrons. The maximum absolute atomic E-state index is 12.6. The molecule has 0 heterocycles. The number of rotatable bonds is 40. The van der Waals surface area contributed by atoms with E-state index in [1.165, 1.54) is 83.5 Å². The quantitative estimate of drug-likeness (QED) is 0.0123. The molecule has 0 amide bonds. The lowest BCUT2D eigenvalue weighted by Gasteiger charge is -2.28. The number of ether oxygens (including phenoxy) is 2. The normalized spacial score (nSPS) is 15.0. The summed E-state index contributed by atoms with van der Waals surface area (Å²) < 4.78 is 34.2. The zero-order valence-corrected chi connectivity index (χ0v) is 38.2. The highest BCUT2D eigenvalue weighted by atomic mass is 31.2. The summed E-state index contributed by atoms with van der Waals surface area (Å²) in [5.41, 5.74) is 0. The monoisotopic (exact) mass is 834 g/mol. The molecule has 0 aliphatic heterocycles. The summed E-state index contributed by atoms with van der Waals surface area (Å²) in [6.07, 6.45) is 50.4. The van der Waals surface area contributed by atoms with Crippen LogP contribution in [0.2, 0.25) is 0 Å². The first kappa shape index (κ1) is 55.5. The molecular formula is C48H84NO8P. The van der Waals surface area contributed by atoms with E-state index in [1.54, 1.807) is 12.3 Å². The second-order valence-electron chi connectivity index (χ2n) is 15.9. The van der Waals surface area contributed by atoms with Crippen LogP contribution in [-0.4, -0.2) is 75.3 Å². The Hall–Kier alpha value is -2.52. The third-order valence-electron chi connectivity index (χ3n) is 9.12. The van der Waals surface area contributed by atoms with Crippen LogP contribution in [0.3, 0.4) is 0 Å². The largest absolute Gasteiger partial charge is 0.756 e. The molecule has 10 heteroatoms. The summed E-state index contributed by atoms with van der Waals surface area (Å²) in [6.45, 7) is 4.42. The van der Waals surface area contributed by atoms with E-state index in [4.69, 9.17) is 18.5 Å². The van der Waals surface area contributed by atoms with Crippen LogP contribution in [0, 0.1) is 0 Å². The van der Waals surface area contributed by atoms with Crippen LogP contribution in [0.4, 0.5) is 0 Å². The minimum atomic E-state index is -4.58. The number of allylic oxidation sites excluding steroid dienone is 11. The van der Waals surface area contributed by atoms with E-state index in [0.717, 1.165) is 38.5 Å². The molecule has 0 bridgehead atoms. The van der Waals surface area contributed by atoms with Gasteiger partial charge in [-0.1, -0.05) is 170 Å². The number of hydrogen-bond donors (Lipinski definition) is 1. The Morgan fingerprint density at radius 2 is 1.24 bits per heavy atom. The molecule has 0 aliphatic rings. The van der Waals surface area contributed by atoms with Gasteiger partial charge in [0.1, 0.15) is 19.8 Å². The highest BCUT2D eigenvalue weighted by molar-refractivity contribution is 7.45. The molecule has 0 saturated carbocycles. The molecular weight excluding hydrogens is 750 g/mol. The van der Waals surface area contributed by atoms with E-state index < -0.39 is 26.0 Å². The van der Waals surface area contributed by atoms with Gasteiger partial charge in [0.05, 0.1) is 40.1 Å². The second kappa shape index (κ2) is 39.9. The SMILES string of the molecule is CC/C=C\CC(O)/C=C/C=C/C/C=C\C/C=C\C/C=C\CCC(=O)O[C@H](CO/C=C/CCCCCCCCCCCCCCCC)COP(=O)([O-])OCC[N+](C)(C)C. The fraction of sp³-hybridized carbons (Fsp3) is 0.688. The molecule has 9 nitrogen and oxygen atoms in total. The molecule has 2 unspecified atom stereocenters. The van der Waals surface area contributed by atoms with Gasteiger partial charge in [-0.15, -0.1) is 0 Å². The summed E-state index contributed by atoms with van der Waals surface area (Å²) >= 11 is 0. The number of aliphatic hydroxyl groups excluding tert-OH is 1. The lowest BCUT2D eigenvalue weighted by Crippen LogP contribution is -2.37. The topological polar surface area (TPSA) is 114 Å². The maximum atomic E-state index is 12.6.